The highest BCUT2D eigenvalue weighted by atomic mass is 16.1. The van der Waals surface area contributed by atoms with Gasteiger partial charge in [-0.25, -0.2) is 0 Å². The second-order valence-electron chi connectivity index (χ2n) is 3.85. The molecule has 76 valence electrons. The van der Waals surface area contributed by atoms with E-state index >= 15 is 0 Å². The van der Waals surface area contributed by atoms with E-state index in [1.54, 1.807) is 6.92 Å². The number of hydrogen-bond acceptors (Lipinski definition) is 2. The number of hydrogen-bond donors (Lipinski definition) is 0. The third kappa shape index (κ3) is 2.59. The molecule has 0 aliphatic rings. The van der Waals surface area contributed by atoms with Gasteiger partial charge in [-0.05, 0) is 38.0 Å². The zero-order chi connectivity index (χ0) is 10.7. The van der Waals surface area contributed by atoms with Gasteiger partial charge in [0.25, 0.3) is 0 Å². The fourth-order valence-corrected chi connectivity index (χ4v) is 1.55. The summed E-state index contributed by atoms with van der Waals surface area (Å²) in [7, 11) is 1.95. The Balaban J connectivity index is 2.93. The molecule has 0 bridgehead atoms. The molecule has 0 spiro atoms. The van der Waals surface area contributed by atoms with E-state index in [1.165, 1.54) is 11.1 Å². The Morgan fingerprint density at radius 3 is 2.57 bits per heavy atom. The molecule has 0 heterocycles. The van der Waals surface area contributed by atoms with E-state index in [2.05, 4.69) is 32.0 Å². The van der Waals surface area contributed by atoms with Gasteiger partial charge in [-0.1, -0.05) is 12.1 Å². The highest BCUT2D eigenvalue weighted by Crippen LogP contribution is 2.19. The van der Waals surface area contributed by atoms with E-state index < -0.39 is 0 Å². The summed E-state index contributed by atoms with van der Waals surface area (Å²) >= 11 is 0. The number of carbonyl (C=O) groups excluding carboxylic acids is 1. The molecule has 0 fully saturated rings. The first-order chi connectivity index (χ1) is 6.50. The zero-order valence-electron chi connectivity index (χ0n) is 9.29. The molecule has 0 saturated carbocycles. The topological polar surface area (TPSA) is 20.3 Å². The highest BCUT2D eigenvalue weighted by Gasteiger charge is 2.06. The number of benzene rings is 1. The maximum atomic E-state index is 11.0. The standard InChI is InChI=1S/C12H17NO/c1-9-5-6-10(2)12(7-9)13(4)8-11(3)14/h5-7H,8H2,1-4H3. The summed E-state index contributed by atoms with van der Waals surface area (Å²) in [5.41, 5.74) is 3.57. The van der Waals surface area contributed by atoms with Gasteiger partial charge in [-0.3, -0.25) is 4.79 Å². The van der Waals surface area contributed by atoms with Gasteiger partial charge in [0.2, 0.25) is 0 Å². The minimum Gasteiger partial charge on any atom is -0.367 e. The first-order valence-electron chi connectivity index (χ1n) is 4.78. The summed E-state index contributed by atoms with van der Waals surface area (Å²) in [6.45, 7) is 6.21. The minimum atomic E-state index is 0.188. The molecule has 0 unspecified atom stereocenters. The van der Waals surface area contributed by atoms with Crippen molar-refractivity contribution in [2.75, 3.05) is 18.5 Å². The number of likely N-dealkylation sites (N-methyl/N-ethyl adjacent to an activating group) is 1. The summed E-state index contributed by atoms with van der Waals surface area (Å²) < 4.78 is 0. The Kier molecular flexibility index (Phi) is 3.28. The summed E-state index contributed by atoms with van der Waals surface area (Å²) in [6.07, 6.45) is 0. The van der Waals surface area contributed by atoms with Crippen LogP contribution in [0.3, 0.4) is 0 Å². The second kappa shape index (κ2) is 4.27. The molecular formula is C12H17NO. The van der Waals surface area contributed by atoms with Crippen LogP contribution in [0.4, 0.5) is 5.69 Å². The molecular weight excluding hydrogens is 174 g/mol. The van der Waals surface area contributed by atoms with Crippen molar-refractivity contribution < 1.29 is 4.79 Å². The average molecular weight is 191 g/mol. The van der Waals surface area contributed by atoms with Crippen LogP contribution in [0.15, 0.2) is 18.2 Å². The lowest BCUT2D eigenvalue weighted by Gasteiger charge is -2.20. The third-order valence-electron chi connectivity index (χ3n) is 2.24. The monoisotopic (exact) mass is 191 g/mol. The summed E-state index contributed by atoms with van der Waals surface area (Å²) in [5, 5.41) is 0. The number of Topliss-reactive ketones (excluding diaryl/α,β-unsaturated/α-hetero) is 1. The second-order valence-corrected chi connectivity index (χ2v) is 3.85. The molecule has 2 nitrogen and oxygen atoms in total. The summed E-state index contributed by atoms with van der Waals surface area (Å²) in [6, 6.07) is 6.28. The Labute approximate surface area is 85.5 Å². The Hall–Kier alpha value is -1.31. The lowest BCUT2D eigenvalue weighted by atomic mass is 10.1. The van der Waals surface area contributed by atoms with Gasteiger partial charge in [0.1, 0.15) is 5.78 Å². The van der Waals surface area contributed by atoms with E-state index in [9.17, 15) is 4.79 Å². The van der Waals surface area contributed by atoms with Crippen LogP contribution in [-0.2, 0) is 4.79 Å². The Morgan fingerprint density at radius 2 is 2.00 bits per heavy atom. The van der Waals surface area contributed by atoms with E-state index in [1.807, 2.05) is 11.9 Å². The molecule has 0 atom stereocenters. The largest absolute Gasteiger partial charge is 0.367 e. The average Bonchev–Trinajstić information content (AvgIpc) is 2.08. The molecule has 0 aliphatic carbocycles. The third-order valence-corrected chi connectivity index (χ3v) is 2.24. The van der Waals surface area contributed by atoms with Crippen molar-refractivity contribution in [3.05, 3.63) is 29.3 Å². The fraction of sp³-hybridized carbons (Fsp3) is 0.417. The first-order valence-corrected chi connectivity index (χ1v) is 4.78. The van der Waals surface area contributed by atoms with Crippen LogP contribution in [0, 0.1) is 13.8 Å². The molecule has 0 saturated heterocycles. The predicted octanol–water partition coefficient (Wildman–Crippen LogP) is 2.33. The molecule has 0 amide bonds. The van der Waals surface area contributed by atoms with Crippen LogP contribution in [0.1, 0.15) is 18.1 Å². The van der Waals surface area contributed by atoms with Crippen molar-refractivity contribution in [3.63, 3.8) is 0 Å². The first kappa shape index (κ1) is 10.8. The Morgan fingerprint density at radius 1 is 1.36 bits per heavy atom. The van der Waals surface area contributed by atoms with Crippen molar-refractivity contribution in [2.24, 2.45) is 0 Å². The van der Waals surface area contributed by atoms with Crippen molar-refractivity contribution in [1.29, 1.82) is 0 Å². The van der Waals surface area contributed by atoms with Gasteiger partial charge < -0.3 is 4.90 Å². The van der Waals surface area contributed by atoms with Gasteiger partial charge in [0.15, 0.2) is 0 Å². The van der Waals surface area contributed by atoms with Crippen LogP contribution >= 0.6 is 0 Å². The molecule has 1 aromatic carbocycles. The molecule has 0 aromatic heterocycles. The number of ketones is 1. The van der Waals surface area contributed by atoms with E-state index in [0.29, 0.717) is 6.54 Å². The SMILES string of the molecule is CC(=O)CN(C)c1cc(C)ccc1C. The quantitative estimate of drug-likeness (QED) is 0.730. The van der Waals surface area contributed by atoms with E-state index in [-0.39, 0.29) is 5.78 Å². The van der Waals surface area contributed by atoms with Crippen LogP contribution in [0.25, 0.3) is 0 Å². The lowest BCUT2D eigenvalue weighted by Crippen LogP contribution is -2.24. The maximum Gasteiger partial charge on any atom is 0.149 e. The molecule has 1 aromatic rings. The van der Waals surface area contributed by atoms with Crippen LogP contribution < -0.4 is 4.90 Å². The lowest BCUT2D eigenvalue weighted by molar-refractivity contribution is -0.115. The molecule has 1 rings (SSSR count). The van der Waals surface area contributed by atoms with Crippen molar-refractivity contribution >= 4 is 11.5 Å². The number of rotatable bonds is 3. The van der Waals surface area contributed by atoms with E-state index in [0.717, 1.165) is 5.69 Å². The number of carbonyl (C=O) groups is 1. The highest BCUT2D eigenvalue weighted by molar-refractivity contribution is 5.81. The molecule has 2 heteroatoms. The fourth-order valence-electron chi connectivity index (χ4n) is 1.55. The zero-order valence-corrected chi connectivity index (χ0v) is 9.29. The number of nitrogens with zero attached hydrogens (tertiary/aromatic N) is 1. The van der Waals surface area contributed by atoms with Crippen molar-refractivity contribution in [3.8, 4) is 0 Å². The van der Waals surface area contributed by atoms with E-state index in [4.69, 9.17) is 0 Å². The molecule has 0 aliphatic heterocycles. The van der Waals surface area contributed by atoms with Gasteiger partial charge in [0.05, 0.1) is 6.54 Å². The number of aryl methyl sites for hydroxylation is 2. The van der Waals surface area contributed by atoms with Crippen molar-refractivity contribution in [1.82, 2.24) is 0 Å². The molecule has 0 N–H and O–H groups in total. The minimum absolute atomic E-state index is 0.188. The molecule has 14 heavy (non-hydrogen) atoms. The maximum absolute atomic E-state index is 11.0. The van der Waals surface area contributed by atoms with Crippen LogP contribution in [0.5, 0.6) is 0 Å². The van der Waals surface area contributed by atoms with Gasteiger partial charge >= 0.3 is 0 Å². The van der Waals surface area contributed by atoms with Gasteiger partial charge in [-0.2, -0.15) is 0 Å². The predicted molar refractivity (Wildman–Crippen MR) is 59.9 cm³/mol. The smallest absolute Gasteiger partial charge is 0.149 e. The number of anilines is 1. The van der Waals surface area contributed by atoms with Gasteiger partial charge in [0, 0.05) is 12.7 Å². The summed E-state index contributed by atoms with van der Waals surface area (Å²) in [5.74, 6) is 0.188. The molecule has 0 radical (unpaired) electrons. The van der Waals surface area contributed by atoms with Crippen molar-refractivity contribution in [2.45, 2.75) is 20.8 Å². The Bertz CT molecular complexity index is 344. The normalized spacial score (nSPS) is 10.0. The van der Waals surface area contributed by atoms with Crippen LogP contribution in [0.2, 0.25) is 0 Å². The van der Waals surface area contributed by atoms with Crippen LogP contribution in [-0.4, -0.2) is 19.4 Å². The summed E-state index contributed by atoms with van der Waals surface area (Å²) in [4.78, 5) is 13.0. The van der Waals surface area contributed by atoms with Gasteiger partial charge in [-0.15, -0.1) is 0 Å².